The summed E-state index contributed by atoms with van der Waals surface area (Å²) in [5, 5.41) is 11.0. The Balaban J connectivity index is 0.00000196. The summed E-state index contributed by atoms with van der Waals surface area (Å²) in [5.41, 5.74) is 1.13. The quantitative estimate of drug-likeness (QED) is 0.600. The van der Waals surface area contributed by atoms with Crippen LogP contribution in [0.1, 0.15) is 10.8 Å². The number of hydrogen-bond acceptors (Lipinski definition) is 3. The summed E-state index contributed by atoms with van der Waals surface area (Å²) in [5.74, 6) is 0.837. The molecular formula is C10H14NO2PS. The van der Waals surface area contributed by atoms with Crippen molar-refractivity contribution in [2.24, 2.45) is 0 Å². The average Bonchev–Trinajstić information content (AvgIpc) is 2.26. The van der Waals surface area contributed by atoms with E-state index in [-0.39, 0.29) is 10.7 Å². The van der Waals surface area contributed by atoms with Gasteiger partial charge < -0.3 is 10.2 Å². The van der Waals surface area contributed by atoms with Gasteiger partial charge in [0, 0.05) is 5.25 Å². The molecule has 2 atom stereocenters. The SMILES string of the molecule is COc1cccc(C(CP)SC#N)c1.O. The van der Waals surface area contributed by atoms with Gasteiger partial charge in [0.2, 0.25) is 0 Å². The van der Waals surface area contributed by atoms with Gasteiger partial charge in [-0.25, -0.2) is 0 Å². The van der Waals surface area contributed by atoms with Crippen molar-refractivity contribution in [2.45, 2.75) is 5.25 Å². The molecular weight excluding hydrogens is 229 g/mol. The Labute approximate surface area is 96.3 Å². The largest absolute Gasteiger partial charge is 0.497 e. The van der Waals surface area contributed by atoms with Gasteiger partial charge in [0.15, 0.2) is 0 Å². The van der Waals surface area contributed by atoms with E-state index < -0.39 is 0 Å². The van der Waals surface area contributed by atoms with Crippen LogP contribution in [0, 0.1) is 10.7 Å². The molecule has 1 aromatic rings. The maximum Gasteiger partial charge on any atom is 0.133 e. The van der Waals surface area contributed by atoms with Crippen molar-refractivity contribution in [1.29, 1.82) is 5.26 Å². The average molecular weight is 243 g/mol. The van der Waals surface area contributed by atoms with E-state index in [0.29, 0.717) is 0 Å². The lowest BCUT2D eigenvalue weighted by Gasteiger charge is -2.11. The Bertz CT molecular complexity index is 340. The highest BCUT2D eigenvalue weighted by molar-refractivity contribution is 8.04. The first-order chi connectivity index (χ1) is 6.81. The second-order valence-corrected chi connectivity index (χ2v) is 4.17. The summed E-state index contributed by atoms with van der Waals surface area (Å²) < 4.78 is 5.13. The normalized spacial score (nSPS) is 11.0. The lowest BCUT2D eigenvalue weighted by molar-refractivity contribution is 0.414. The maximum atomic E-state index is 8.63. The number of thiocyanates is 1. The number of hydrogen-bond donors (Lipinski definition) is 0. The number of rotatable bonds is 4. The van der Waals surface area contributed by atoms with Gasteiger partial charge in [-0.15, -0.1) is 9.24 Å². The first-order valence-corrected chi connectivity index (χ1v) is 5.90. The minimum Gasteiger partial charge on any atom is -0.497 e. The molecule has 2 unspecified atom stereocenters. The van der Waals surface area contributed by atoms with E-state index in [2.05, 4.69) is 14.6 Å². The third-order valence-electron chi connectivity index (χ3n) is 1.87. The van der Waals surface area contributed by atoms with Crippen LogP contribution in [0.25, 0.3) is 0 Å². The number of benzene rings is 1. The Morgan fingerprint density at radius 3 is 2.87 bits per heavy atom. The Kier molecular flexibility index (Phi) is 7.15. The predicted octanol–water partition coefficient (Wildman–Crippen LogP) is 2.00. The summed E-state index contributed by atoms with van der Waals surface area (Å²) in [4.78, 5) is 0. The molecule has 0 aliphatic carbocycles. The third-order valence-corrected chi connectivity index (χ3v) is 3.54. The molecule has 0 amide bonds. The van der Waals surface area contributed by atoms with E-state index in [0.717, 1.165) is 17.5 Å². The van der Waals surface area contributed by atoms with E-state index >= 15 is 0 Å². The molecule has 0 saturated carbocycles. The van der Waals surface area contributed by atoms with Crippen molar-refractivity contribution in [3.05, 3.63) is 29.8 Å². The van der Waals surface area contributed by atoms with Crippen molar-refractivity contribution in [3.63, 3.8) is 0 Å². The second kappa shape index (κ2) is 7.53. The highest BCUT2D eigenvalue weighted by atomic mass is 32.2. The highest BCUT2D eigenvalue weighted by Crippen LogP contribution is 2.31. The smallest absolute Gasteiger partial charge is 0.133 e. The monoisotopic (exact) mass is 243 g/mol. The molecule has 0 aromatic heterocycles. The first kappa shape index (κ1) is 14.2. The van der Waals surface area contributed by atoms with E-state index in [1.54, 1.807) is 7.11 Å². The van der Waals surface area contributed by atoms with Crippen LogP contribution in [0.15, 0.2) is 24.3 Å². The zero-order valence-electron chi connectivity index (χ0n) is 8.43. The molecule has 0 heterocycles. The Morgan fingerprint density at radius 2 is 2.33 bits per heavy atom. The summed E-state index contributed by atoms with van der Waals surface area (Å²) in [6, 6.07) is 7.83. The van der Waals surface area contributed by atoms with Crippen molar-refractivity contribution in [3.8, 4) is 11.2 Å². The fourth-order valence-corrected chi connectivity index (χ4v) is 2.22. The van der Waals surface area contributed by atoms with E-state index in [1.807, 2.05) is 24.3 Å². The van der Waals surface area contributed by atoms with Crippen molar-refractivity contribution in [2.75, 3.05) is 13.3 Å². The topological polar surface area (TPSA) is 64.5 Å². The lowest BCUT2D eigenvalue weighted by Crippen LogP contribution is -1.94. The molecule has 3 nitrogen and oxygen atoms in total. The van der Waals surface area contributed by atoms with E-state index in [9.17, 15) is 0 Å². The number of nitrogens with zero attached hydrogens (tertiary/aromatic N) is 1. The number of methoxy groups -OCH3 is 1. The van der Waals surface area contributed by atoms with Crippen molar-refractivity contribution < 1.29 is 10.2 Å². The summed E-state index contributed by atoms with van der Waals surface area (Å²) in [6.07, 6.45) is 0.866. The molecule has 82 valence electrons. The minimum absolute atomic E-state index is 0. The number of nitriles is 1. The standard InChI is InChI=1S/C10H12NOPS.H2O/c1-12-9-4-2-3-8(5-9)10(6-13)14-7-11;/h2-5,10H,6,13H2,1H3;1H2. The van der Waals surface area contributed by atoms with Crippen LogP contribution in [0.3, 0.4) is 0 Å². The van der Waals surface area contributed by atoms with Gasteiger partial charge in [0.25, 0.3) is 0 Å². The summed E-state index contributed by atoms with van der Waals surface area (Å²) in [6.45, 7) is 0. The Morgan fingerprint density at radius 1 is 1.60 bits per heavy atom. The molecule has 0 bridgehead atoms. The van der Waals surface area contributed by atoms with Crippen LogP contribution < -0.4 is 4.74 Å². The lowest BCUT2D eigenvalue weighted by atomic mass is 10.1. The van der Waals surface area contributed by atoms with Gasteiger partial charge >= 0.3 is 0 Å². The van der Waals surface area contributed by atoms with Gasteiger partial charge in [-0.1, -0.05) is 12.1 Å². The van der Waals surface area contributed by atoms with Gasteiger partial charge in [-0.2, -0.15) is 5.26 Å². The van der Waals surface area contributed by atoms with Gasteiger partial charge in [-0.05, 0) is 35.6 Å². The molecule has 0 spiro atoms. The van der Waals surface area contributed by atoms with Crippen LogP contribution >= 0.6 is 21.0 Å². The fourth-order valence-electron chi connectivity index (χ4n) is 1.16. The second-order valence-electron chi connectivity index (χ2n) is 2.71. The molecule has 1 aromatic carbocycles. The maximum absolute atomic E-state index is 8.63. The zero-order valence-corrected chi connectivity index (χ0v) is 10.4. The zero-order chi connectivity index (χ0) is 10.4. The van der Waals surface area contributed by atoms with E-state index in [4.69, 9.17) is 10.00 Å². The van der Waals surface area contributed by atoms with Gasteiger partial charge in [-0.3, -0.25) is 0 Å². The molecule has 0 saturated heterocycles. The minimum atomic E-state index is 0. The summed E-state index contributed by atoms with van der Waals surface area (Å²) in [7, 11) is 4.30. The van der Waals surface area contributed by atoms with Crippen LogP contribution in [0.5, 0.6) is 5.75 Å². The van der Waals surface area contributed by atoms with Gasteiger partial charge in [0.05, 0.1) is 7.11 Å². The molecule has 0 radical (unpaired) electrons. The first-order valence-electron chi connectivity index (χ1n) is 4.20. The summed E-state index contributed by atoms with van der Waals surface area (Å²) >= 11 is 1.28. The van der Waals surface area contributed by atoms with Crippen LogP contribution in [-0.2, 0) is 0 Å². The van der Waals surface area contributed by atoms with Crippen LogP contribution in [0.2, 0.25) is 0 Å². The molecule has 2 N–H and O–H groups in total. The highest BCUT2D eigenvalue weighted by Gasteiger charge is 2.10. The molecule has 0 aliphatic heterocycles. The van der Waals surface area contributed by atoms with Crippen LogP contribution in [0.4, 0.5) is 0 Å². The molecule has 0 aliphatic rings. The number of ether oxygens (including phenoxy) is 1. The van der Waals surface area contributed by atoms with E-state index in [1.165, 1.54) is 11.8 Å². The molecule has 15 heavy (non-hydrogen) atoms. The fraction of sp³-hybridized carbons (Fsp3) is 0.300. The van der Waals surface area contributed by atoms with Crippen molar-refractivity contribution >= 4 is 21.0 Å². The molecule has 5 heteroatoms. The number of thioether (sulfide) groups is 1. The molecule has 0 fully saturated rings. The third kappa shape index (κ3) is 4.09. The Hall–Kier alpha value is -0.750. The van der Waals surface area contributed by atoms with Crippen molar-refractivity contribution in [1.82, 2.24) is 0 Å². The molecule has 1 rings (SSSR count). The van der Waals surface area contributed by atoms with Crippen LogP contribution in [-0.4, -0.2) is 18.7 Å². The predicted molar refractivity (Wildman–Crippen MR) is 67.1 cm³/mol. The van der Waals surface area contributed by atoms with Gasteiger partial charge in [0.1, 0.15) is 11.2 Å².